The highest BCUT2D eigenvalue weighted by atomic mass is 32.2. The highest BCUT2D eigenvalue weighted by molar-refractivity contribution is 7.91. The standard InChI is InChI=1S/C22H25NO5S2/c1-4-14-28-22-13-12-17-8-5-6-11-20(17)21(22)16-23(2)30(26,27)19-10-7-9-18(15-19)29(3,24)25/h5-13,15H,4,14,16H2,1-3H3. The molecular weight excluding hydrogens is 422 g/mol. The molecule has 0 amide bonds. The first-order valence-corrected chi connectivity index (χ1v) is 12.9. The van der Waals surface area contributed by atoms with Gasteiger partial charge in [0.2, 0.25) is 10.0 Å². The number of benzene rings is 3. The van der Waals surface area contributed by atoms with E-state index in [1.165, 1.54) is 35.6 Å². The number of ether oxygens (including phenoxy) is 1. The number of hydrogen-bond donors (Lipinski definition) is 0. The van der Waals surface area contributed by atoms with Gasteiger partial charge in [-0.1, -0.05) is 43.3 Å². The van der Waals surface area contributed by atoms with Crippen LogP contribution in [0.3, 0.4) is 0 Å². The fourth-order valence-corrected chi connectivity index (χ4v) is 5.11. The van der Waals surface area contributed by atoms with Crippen LogP contribution in [-0.2, 0) is 26.4 Å². The van der Waals surface area contributed by atoms with Crippen molar-refractivity contribution in [2.75, 3.05) is 19.9 Å². The van der Waals surface area contributed by atoms with Crippen LogP contribution in [0.5, 0.6) is 5.75 Å². The zero-order valence-corrected chi connectivity index (χ0v) is 18.8. The summed E-state index contributed by atoms with van der Waals surface area (Å²) in [6, 6.07) is 17.0. The van der Waals surface area contributed by atoms with Crippen molar-refractivity contribution >= 4 is 30.6 Å². The second-order valence-corrected chi connectivity index (χ2v) is 11.2. The molecule has 0 saturated heterocycles. The summed E-state index contributed by atoms with van der Waals surface area (Å²) in [6.07, 6.45) is 1.88. The normalized spacial score (nSPS) is 12.4. The smallest absolute Gasteiger partial charge is 0.243 e. The van der Waals surface area contributed by atoms with Crippen LogP contribution in [0.25, 0.3) is 10.8 Å². The van der Waals surface area contributed by atoms with Gasteiger partial charge >= 0.3 is 0 Å². The zero-order valence-electron chi connectivity index (χ0n) is 17.2. The Morgan fingerprint density at radius 1 is 0.900 bits per heavy atom. The summed E-state index contributed by atoms with van der Waals surface area (Å²) in [6.45, 7) is 2.62. The molecule has 0 aliphatic carbocycles. The average Bonchev–Trinajstić information content (AvgIpc) is 2.72. The van der Waals surface area contributed by atoms with Gasteiger partial charge in [0.05, 0.1) is 16.4 Å². The Bertz CT molecular complexity index is 1270. The van der Waals surface area contributed by atoms with Crippen LogP contribution in [-0.4, -0.2) is 41.1 Å². The molecule has 3 aromatic carbocycles. The molecule has 0 heterocycles. The molecule has 0 atom stereocenters. The lowest BCUT2D eigenvalue weighted by Gasteiger charge is -2.21. The lowest BCUT2D eigenvalue weighted by atomic mass is 10.0. The first-order chi connectivity index (χ1) is 14.1. The number of sulfone groups is 1. The molecule has 0 radical (unpaired) electrons. The summed E-state index contributed by atoms with van der Waals surface area (Å²) in [4.78, 5) is -0.0988. The van der Waals surface area contributed by atoms with Gasteiger partial charge in [-0.15, -0.1) is 0 Å². The maximum absolute atomic E-state index is 13.2. The van der Waals surface area contributed by atoms with Gasteiger partial charge in [0.15, 0.2) is 9.84 Å². The predicted octanol–water partition coefficient (Wildman–Crippen LogP) is 3.85. The van der Waals surface area contributed by atoms with Crippen LogP contribution in [0.15, 0.2) is 70.5 Å². The van der Waals surface area contributed by atoms with Crippen LogP contribution in [0.2, 0.25) is 0 Å². The van der Waals surface area contributed by atoms with E-state index in [4.69, 9.17) is 4.74 Å². The molecule has 0 aliphatic rings. The maximum atomic E-state index is 13.2. The summed E-state index contributed by atoms with van der Waals surface area (Å²) in [5.41, 5.74) is 0.770. The Kier molecular flexibility index (Phi) is 6.50. The van der Waals surface area contributed by atoms with Crippen molar-refractivity contribution in [3.05, 3.63) is 66.2 Å². The number of hydrogen-bond acceptors (Lipinski definition) is 5. The summed E-state index contributed by atoms with van der Waals surface area (Å²) in [5, 5.41) is 1.90. The molecule has 0 unspecified atom stereocenters. The summed E-state index contributed by atoms with van der Waals surface area (Å²) >= 11 is 0. The fraction of sp³-hybridized carbons (Fsp3) is 0.273. The maximum Gasteiger partial charge on any atom is 0.243 e. The third-order valence-corrected chi connectivity index (χ3v) is 7.69. The van der Waals surface area contributed by atoms with E-state index in [2.05, 4.69) is 0 Å². The Labute approximate surface area is 178 Å². The lowest BCUT2D eigenvalue weighted by Crippen LogP contribution is -2.27. The average molecular weight is 448 g/mol. The summed E-state index contributed by atoms with van der Waals surface area (Å²) in [7, 11) is -5.95. The number of sulfonamides is 1. The second kappa shape index (κ2) is 8.75. The topological polar surface area (TPSA) is 80.8 Å². The van der Waals surface area contributed by atoms with Crippen molar-refractivity contribution in [1.29, 1.82) is 0 Å². The van der Waals surface area contributed by atoms with Gasteiger partial charge in [-0.25, -0.2) is 16.8 Å². The Morgan fingerprint density at radius 3 is 2.30 bits per heavy atom. The Morgan fingerprint density at radius 2 is 1.60 bits per heavy atom. The SMILES string of the molecule is CCCOc1ccc2ccccc2c1CN(C)S(=O)(=O)c1cccc(S(C)(=O)=O)c1. The molecule has 160 valence electrons. The van der Waals surface area contributed by atoms with Gasteiger partial charge in [0.1, 0.15) is 5.75 Å². The van der Waals surface area contributed by atoms with Crippen LogP contribution in [0.1, 0.15) is 18.9 Å². The van der Waals surface area contributed by atoms with E-state index < -0.39 is 19.9 Å². The molecule has 6 nitrogen and oxygen atoms in total. The molecule has 3 aromatic rings. The van der Waals surface area contributed by atoms with Crippen molar-refractivity contribution in [3.8, 4) is 5.75 Å². The van der Waals surface area contributed by atoms with Gasteiger partial charge in [-0.05, 0) is 41.5 Å². The first-order valence-electron chi connectivity index (χ1n) is 9.54. The largest absolute Gasteiger partial charge is 0.493 e. The molecule has 0 saturated carbocycles. The lowest BCUT2D eigenvalue weighted by molar-refractivity contribution is 0.311. The minimum atomic E-state index is -3.91. The van der Waals surface area contributed by atoms with Crippen molar-refractivity contribution in [3.63, 3.8) is 0 Å². The minimum absolute atomic E-state index is 0.0332. The highest BCUT2D eigenvalue weighted by Crippen LogP contribution is 2.31. The molecule has 8 heteroatoms. The molecule has 0 fully saturated rings. The monoisotopic (exact) mass is 447 g/mol. The number of fused-ring (bicyclic) bond motifs is 1. The van der Waals surface area contributed by atoms with Crippen LogP contribution < -0.4 is 4.74 Å². The van der Waals surface area contributed by atoms with E-state index in [0.717, 1.165) is 29.0 Å². The van der Waals surface area contributed by atoms with Gasteiger partial charge in [0.25, 0.3) is 0 Å². The van der Waals surface area contributed by atoms with E-state index in [1.807, 2.05) is 43.3 Å². The molecule has 0 aliphatic heterocycles. The molecule has 30 heavy (non-hydrogen) atoms. The third-order valence-electron chi connectivity index (χ3n) is 4.78. The van der Waals surface area contributed by atoms with E-state index >= 15 is 0 Å². The van der Waals surface area contributed by atoms with Crippen molar-refractivity contribution in [2.24, 2.45) is 0 Å². The van der Waals surface area contributed by atoms with E-state index in [0.29, 0.717) is 12.4 Å². The fourth-order valence-electron chi connectivity index (χ4n) is 3.18. The van der Waals surface area contributed by atoms with E-state index in [1.54, 1.807) is 0 Å². The second-order valence-electron chi connectivity index (χ2n) is 7.12. The Hall–Kier alpha value is -2.42. The van der Waals surface area contributed by atoms with Crippen LogP contribution in [0.4, 0.5) is 0 Å². The van der Waals surface area contributed by atoms with Crippen LogP contribution in [0, 0.1) is 0 Å². The third kappa shape index (κ3) is 4.66. The molecular formula is C22H25NO5S2. The zero-order chi connectivity index (χ0) is 21.9. The van der Waals surface area contributed by atoms with Gasteiger partial charge < -0.3 is 4.74 Å². The predicted molar refractivity (Wildman–Crippen MR) is 118 cm³/mol. The Balaban J connectivity index is 2.03. The molecule has 0 bridgehead atoms. The van der Waals surface area contributed by atoms with E-state index in [-0.39, 0.29) is 16.3 Å². The summed E-state index contributed by atoms with van der Waals surface area (Å²) in [5.74, 6) is 0.641. The van der Waals surface area contributed by atoms with Crippen molar-refractivity contribution in [2.45, 2.75) is 29.7 Å². The quantitative estimate of drug-likeness (QED) is 0.524. The summed E-state index contributed by atoms with van der Waals surface area (Å²) < 4.78 is 57.1. The van der Waals surface area contributed by atoms with Gasteiger partial charge in [0, 0.05) is 25.4 Å². The molecule has 0 N–H and O–H groups in total. The molecule has 3 rings (SSSR count). The van der Waals surface area contributed by atoms with Gasteiger partial charge in [-0.3, -0.25) is 0 Å². The minimum Gasteiger partial charge on any atom is -0.493 e. The first kappa shape index (κ1) is 22.3. The van der Waals surface area contributed by atoms with Crippen molar-refractivity contribution < 1.29 is 21.6 Å². The van der Waals surface area contributed by atoms with Crippen LogP contribution >= 0.6 is 0 Å². The number of nitrogens with zero attached hydrogens (tertiary/aromatic N) is 1. The molecule has 0 aromatic heterocycles. The van der Waals surface area contributed by atoms with Crippen molar-refractivity contribution in [1.82, 2.24) is 4.31 Å². The molecule has 0 spiro atoms. The highest BCUT2D eigenvalue weighted by Gasteiger charge is 2.24. The van der Waals surface area contributed by atoms with Gasteiger partial charge in [-0.2, -0.15) is 4.31 Å². The number of rotatable bonds is 8. The van der Waals surface area contributed by atoms with E-state index in [9.17, 15) is 16.8 Å².